The van der Waals surface area contributed by atoms with E-state index in [0.29, 0.717) is 5.92 Å². The average Bonchev–Trinajstić information content (AvgIpc) is 2.38. The molecule has 102 valence electrons. The molecule has 1 aromatic carbocycles. The summed E-state index contributed by atoms with van der Waals surface area (Å²) in [7, 11) is 2.05. The molecule has 1 N–H and O–H groups in total. The lowest BCUT2D eigenvalue weighted by atomic mass is 9.94. The predicted molar refractivity (Wildman–Crippen MR) is 69.8 cm³/mol. The fraction of sp³-hybridized carbons (Fsp3) is 0.500. The van der Waals surface area contributed by atoms with Crippen LogP contribution in [0.4, 0.5) is 14.5 Å². The molecule has 2 unspecified atom stereocenters. The Hall–Kier alpha value is -1.67. The van der Waals surface area contributed by atoms with E-state index in [1.165, 1.54) is 12.1 Å². The highest BCUT2D eigenvalue weighted by molar-refractivity contribution is 5.50. The summed E-state index contributed by atoms with van der Waals surface area (Å²) in [5.41, 5.74) is -0.127. The number of hydrogen-bond donors (Lipinski definition) is 1. The second kappa shape index (κ2) is 5.54. The van der Waals surface area contributed by atoms with Crippen LogP contribution >= 0.6 is 0 Å². The second-order valence-electron chi connectivity index (χ2n) is 5.18. The molecule has 0 aromatic heterocycles. The van der Waals surface area contributed by atoms with Crippen LogP contribution in [0.25, 0.3) is 0 Å². The molecule has 1 aromatic rings. The van der Waals surface area contributed by atoms with Crippen LogP contribution in [-0.4, -0.2) is 31.1 Å². The minimum absolute atomic E-state index is 0.123. The highest BCUT2D eigenvalue weighted by atomic mass is 19.2. The summed E-state index contributed by atoms with van der Waals surface area (Å²) in [6.07, 6.45) is 0.888. The van der Waals surface area contributed by atoms with Crippen LogP contribution in [0, 0.1) is 28.9 Å². The molecule has 0 aliphatic carbocycles. The van der Waals surface area contributed by atoms with Gasteiger partial charge >= 0.3 is 0 Å². The predicted octanol–water partition coefficient (Wildman–Crippen LogP) is 2.59. The van der Waals surface area contributed by atoms with Gasteiger partial charge in [0, 0.05) is 12.6 Å². The first-order valence-electron chi connectivity index (χ1n) is 6.36. The lowest BCUT2D eigenvalue weighted by molar-refractivity contribution is 0.206. The molecule has 2 rings (SSSR count). The van der Waals surface area contributed by atoms with Crippen LogP contribution in [0.3, 0.4) is 0 Å². The van der Waals surface area contributed by atoms with Gasteiger partial charge < -0.3 is 10.2 Å². The maximum Gasteiger partial charge on any atom is 0.183 e. The molecular weight excluding hydrogens is 248 g/mol. The lowest BCUT2D eigenvalue weighted by Gasteiger charge is -2.35. The monoisotopic (exact) mass is 265 g/mol. The molecule has 1 heterocycles. The van der Waals surface area contributed by atoms with Crippen molar-refractivity contribution in [3.63, 3.8) is 0 Å². The van der Waals surface area contributed by atoms with E-state index < -0.39 is 11.6 Å². The van der Waals surface area contributed by atoms with Gasteiger partial charge in [-0.1, -0.05) is 6.92 Å². The SMILES string of the molecule is CC1CN(C)CCC1Nc1ccc(C#N)c(F)c1F. The van der Waals surface area contributed by atoms with E-state index in [1.54, 1.807) is 6.07 Å². The number of nitriles is 1. The van der Waals surface area contributed by atoms with Crippen molar-refractivity contribution in [1.82, 2.24) is 4.90 Å². The number of hydrogen-bond acceptors (Lipinski definition) is 3. The number of rotatable bonds is 2. The summed E-state index contributed by atoms with van der Waals surface area (Å²) >= 11 is 0. The van der Waals surface area contributed by atoms with Crippen molar-refractivity contribution < 1.29 is 8.78 Å². The van der Waals surface area contributed by atoms with Crippen molar-refractivity contribution >= 4 is 5.69 Å². The van der Waals surface area contributed by atoms with Crippen molar-refractivity contribution in [3.05, 3.63) is 29.3 Å². The van der Waals surface area contributed by atoms with E-state index in [4.69, 9.17) is 5.26 Å². The molecular formula is C14H17F2N3. The topological polar surface area (TPSA) is 39.1 Å². The zero-order valence-electron chi connectivity index (χ0n) is 11.1. The summed E-state index contributed by atoms with van der Waals surface area (Å²) < 4.78 is 27.3. The number of anilines is 1. The quantitative estimate of drug-likeness (QED) is 0.893. The summed E-state index contributed by atoms with van der Waals surface area (Å²) in [5.74, 6) is -1.69. The van der Waals surface area contributed by atoms with Gasteiger partial charge in [0.25, 0.3) is 0 Å². The highest BCUT2D eigenvalue weighted by Crippen LogP contribution is 2.25. The van der Waals surface area contributed by atoms with E-state index in [-0.39, 0.29) is 17.3 Å². The lowest BCUT2D eigenvalue weighted by Crippen LogP contribution is -2.43. The Kier molecular flexibility index (Phi) is 4.01. The fourth-order valence-corrected chi connectivity index (χ4v) is 2.52. The standard InChI is InChI=1S/C14H17F2N3/c1-9-8-19(2)6-5-11(9)18-12-4-3-10(7-17)13(15)14(12)16/h3-4,9,11,18H,5-6,8H2,1-2H3. The molecule has 0 bridgehead atoms. The number of likely N-dealkylation sites (tertiary alicyclic amines) is 1. The van der Waals surface area contributed by atoms with E-state index in [0.717, 1.165) is 19.5 Å². The molecule has 2 atom stereocenters. The molecule has 3 nitrogen and oxygen atoms in total. The van der Waals surface area contributed by atoms with Gasteiger partial charge in [-0.3, -0.25) is 0 Å². The van der Waals surface area contributed by atoms with Gasteiger partial charge in [-0.2, -0.15) is 5.26 Å². The van der Waals surface area contributed by atoms with Gasteiger partial charge in [0.1, 0.15) is 6.07 Å². The first-order valence-corrected chi connectivity index (χ1v) is 6.36. The third-order valence-corrected chi connectivity index (χ3v) is 3.65. The smallest absolute Gasteiger partial charge is 0.183 e. The number of nitrogens with one attached hydrogen (secondary N) is 1. The molecule has 0 saturated carbocycles. The van der Waals surface area contributed by atoms with Crippen LogP contribution in [0.5, 0.6) is 0 Å². The fourth-order valence-electron chi connectivity index (χ4n) is 2.52. The van der Waals surface area contributed by atoms with Crippen molar-refractivity contribution in [2.75, 3.05) is 25.5 Å². The summed E-state index contributed by atoms with van der Waals surface area (Å²) in [6.45, 7) is 3.95. The average molecular weight is 265 g/mol. The largest absolute Gasteiger partial charge is 0.379 e. The Bertz CT molecular complexity index is 510. The zero-order chi connectivity index (χ0) is 14.0. The Labute approximate surface area is 111 Å². The molecule has 19 heavy (non-hydrogen) atoms. The Morgan fingerprint density at radius 2 is 2.11 bits per heavy atom. The maximum atomic E-state index is 13.8. The molecule has 5 heteroatoms. The molecule has 0 amide bonds. The molecule has 0 spiro atoms. The summed E-state index contributed by atoms with van der Waals surface area (Å²) in [4.78, 5) is 2.22. The van der Waals surface area contributed by atoms with Crippen molar-refractivity contribution in [2.24, 2.45) is 5.92 Å². The second-order valence-corrected chi connectivity index (χ2v) is 5.18. The van der Waals surface area contributed by atoms with Crippen LogP contribution < -0.4 is 5.32 Å². The Morgan fingerprint density at radius 1 is 1.37 bits per heavy atom. The van der Waals surface area contributed by atoms with Gasteiger partial charge in [-0.05, 0) is 38.1 Å². The van der Waals surface area contributed by atoms with Gasteiger partial charge in [0.15, 0.2) is 11.6 Å². The zero-order valence-corrected chi connectivity index (χ0v) is 11.1. The van der Waals surface area contributed by atoms with Crippen LogP contribution in [0.1, 0.15) is 18.9 Å². The Balaban J connectivity index is 2.16. The van der Waals surface area contributed by atoms with Crippen molar-refractivity contribution in [1.29, 1.82) is 5.26 Å². The Morgan fingerprint density at radius 3 is 2.74 bits per heavy atom. The normalized spacial score (nSPS) is 23.9. The van der Waals surface area contributed by atoms with E-state index in [9.17, 15) is 8.78 Å². The number of piperidine rings is 1. The third-order valence-electron chi connectivity index (χ3n) is 3.65. The van der Waals surface area contributed by atoms with E-state index in [1.807, 2.05) is 0 Å². The minimum Gasteiger partial charge on any atom is -0.379 e. The van der Waals surface area contributed by atoms with E-state index in [2.05, 4.69) is 24.2 Å². The highest BCUT2D eigenvalue weighted by Gasteiger charge is 2.25. The van der Waals surface area contributed by atoms with Crippen molar-refractivity contribution in [2.45, 2.75) is 19.4 Å². The number of benzene rings is 1. The van der Waals surface area contributed by atoms with Crippen LogP contribution in [0.2, 0.25) is 0 Å². The van der Waals surface area contributed by atoms with Crippen LogP contribution in [0.15, 0.2) is 12.1 Å². The van der Waals surface area contributed by atoms with Crippen molar-refractivity contribution in [3.8, 4) is 6.07 Å². The number of nitrogens with zero attached hydrogens (tertiary/aromatic N) is 2. The molecule has 1 aliphatic rings. The molecule has 1 saturated heterocycles. The van der Waals surface area contributed by atoms with Gasteiger partial charge in [0.05, 0.1) is 11.3 Å². The number of halogens is 2. The van der Waals surface area contributed by atoms with E-state index >= 15 is 0 Å². The minimum atomic E-state index is -1.08. The third kappa shape index (κ3) is 2.85. The summed E-state index contributed by atoms with van der Waals surface area (Å²) in [6, 6.07) is 4.49. The first kappa shape index (κ1) is 13.8. The van der Waals surface area contributed by atoms with Gasteiger partial charge in [-0.15, -0.1) is 0 Å². The first-order chi connectivity index (χ1) is 9.02. The maximum absolute atomic E-state index is 13.8. The molecule has 0 radical (unpaired) electrons. The molecule has 1 fully saturated rings. The molecule has 1 aliphatic heterocycles. The van der Waals surface area contributed by atoms with Gasteiger partial charge in [-0.25, -0.2) is 8.78 Å². The van der Waals surface area contributed by atoms with Gasteiger partial charge in [0.2, 0.25) is 0 Å². The summed E-state index contributed by atoms with van der Waals surface area (Å²) in [5, 5.41) is 11.7. The van der Waals surface area contributed by atoms with Crippen LogP contribution in [-0.2, 0) is 0 Å².